The summed E-state index contributed by atoms with van der Waals surface area (Å²) >= 11 is 0. The molecule has 3 heteroatoms. The van der Waals surface area contributed by atoms with Gasteiger partial charge in [-0.1, -0.05) is 120 Å². The molecule has 0 saturated heterocycles. The minimum atomic E-state index is 0.871. The van der Waals surface area contributed by atoms with Crippen LogP contribution in [0.4, 0.5) is 0 Å². The van der Waals surface area contributed by atoms with Crippen LogP contribution in [0.15, 0.2) is 121 Å². The maximum absolute atomic E-state index is 4.25. The maximum atomic E-state index is 4.25. The molecule has 5 rings (SSSR count). The van der Waals surface area contributed by atoms with Crippen molar-refractivity contribution < 1.29 is 0 Å². The van der Waals surface area contributed by atoms with Crippen LogP contribution in [0.2, 0.25) is 0 Å². The third-order valence-corrected chi connectivity index (χ3v) is 5.51. The SMILES string of the molecule is Cn1cc(-c2ccc(C(=C(c3ccccc3)c3ccccc3)c3ccccc3)cc2)nn1. The summed E-state index contributed by atoms with van der Waals surface area (Å²) in [7, 11) is 1.88. The van der Waals surface area contributed by atoms with Gasteiger partial charge in [-0.15, -0.1) is 5.10 Å². The summed E-state index contributed by atoms with van der Waals surface area (Å²) in [5, 5.41) is 8.31. The molecule has 154 valence electrons. The zero-order chi connectivity index (χ0) is 21.8. The molecule has 3 nitrogen and oxygen atoms in total. The molecule has 1 aromatic heterocycles. The fraction of sp³-hybridized carbons (Fsp3) is 0.0345. The van der Waals surface area contributed by atoms with E-state index in [0.717, 1.165) is 16.8 Å². The Labute approximate surface area is 188 Å². The van der Waals surface area contributed by atoms with E-state index in [2.05, 4.69) is 126 Å². The average molecular weight is 414 g/mol. The molecule has 0 N–H and O–H groups in total. The molecule has 4 aromatic carbocycles. The molecule has 0 fully saturated rings. The molecular formula is C29H23N3. The summed E-state index contributed by atoms with van der Waals surface area (Å²) in [6, 6.07) is 40.4. The number of rotatable bonds is 5. The fourth-order valence-corrected chi connectivity index (χ4v) is 4.01. The Morgan fingerprint density at radius 2 is 0.938 bits per heavy atom. The van der Waals surface area contributed by atoms with Gasteiger partial charge in [0.15, 0.2) is 0 Å². The molecule has 0 saturated carbocycles. The first kappa shape index (κ1) is 19.7. The van der Waals surface area contributed by atoms with Gasteiger partial charge < -0.3 is 0 Å². The highest BCUT2D eigenvalue weighted by atomic mass is 15.4. The van der Waals surface area contributed by atoms with Gasteiger partial charge in [0.2, 0.25) is 0 Å². The van der Waals surface area contributed by atoms with Gasteiger partial charge in [-0.25, -0.2) is 0 Å². The minimum absolute atomic E-state index is 0.871. The van der Waals surface area contributed by atoms with Gasteiger partial charge in [-0.05, 0) is 33.4 Å². The molecule has 5 aromatic rings. The second-order valence-corrected chi connectivity index (χ2v) is 7.70. The predicted octanol–water partition coefficient (Wildman–Crippen LogP) is 6.49. The van der Waals surface area contributed by atoms with E-state index in [1.54, 1.807) is 4.68 Å². The molecule has 0 radical (unpaired) electrons. The van der Waals surface area contributed by atoms with Gasteiger partial charge in [-0.2, -0.15) is 0 Å². The molecule has 0 spiro atoms. The molecule has 1 heterocycles. The van der Waals surface area contributed by atoms with E-state index in [0.29, 0.717) is 0 Å². The Morgan fingerprint density at radius 3 is 1.31 bits per heavy atom. The molecule has 0 aliphatic rings. The number of benzene rings is 4. The normalized spacial score (nSPS) is 10.7. The Balaban J connectivity index is 1.75. The Morgan fingerprint density at radius 1 is 0.531 bits per heavy atom. The first-order chi connectivity index (χ1) is 15.8. The summed E-state index contributed by atoms with van der Waals surface area (Å²) < 4.78 is 1.72. The molecule has 0 unspecified atom stereocenters. The highest BCUT2D eigenvalue weighted by Gasteiger charge is 2.16. The van der Waals surface area contributed by atoms with E-state index in [1.807, 2.05) is 13.2 Å². The zero-order valence-corrected chi connectivity index (χ0v) is 17.9. The van der Waals surface area contributed by atoms with Crippen LogP contribution in [-0.2, 0) is 7.05 Å². The predicted molar refractivity (Wildman–Crippen MR) is 131 cm³/mol. The highest BCUT2D eigenvalue weighted by Crippen LogP contribution is 2.37. The maximum Gasteiger partial charge on any atom is 0.113 e. The van der Waals surface area contributed by atoms with Crippen LogP contribution in [0.5, 0.6) is 0 Å². The quantitative estimate of drug-likeness (QED) is 0.308. The number of aromatic nitrogens is 3. The van der Waals surface area contributed by atoms with E-state index in [4.69, 9.17) is 0 Å². The molecule has 0 aliphatic carbocycles. The Hall–Kier alpha value is -4.24. The largest absolute Gasteiger partial charge is 0.255 e. The van der Waals surface area contributed by atoms with Crippen LogP contribution in [0.1, 0.15) is 22.3 Å². The lowest BCUT2D eigenvalue weighted by atomic mass is 9.85. The summed E-state index contributed by atoms with van der Waals surface area (Å²) in [4.78, 5) is 0. The molecule has 0 aliphatic heterocycles. The van der Waals surface area contributed by atoms with Gasteiger partial charge in [0.05, 0.1) is 6.20 Å². The second-order valence-electron chi connectivity index (χ2n) is 7.70. The van der Waals surface area contributed by atoms with Crippen molar-refractivity contribution in [2.45, 2.75) is 0 Å². The van der Waals surface area contributed by atoms with Gasteiger partial charge >= 0.3 is 0 Å². The van der Waals surface area contributed by atoms with E-state index in [-0.39, 0.29) is 0 Å². The van der Waals surface area contributed by atoms with Crippen LogP contribution in [-0.4, -0.2) is 15.0 Å². The van der Waals surface area contributed by atoms with E-state index >= 15 is 0 Å². The molecule has 0 atom stereocenters. The summed E-state index contributed by atoms with van der Waals surface area (Å²) in [5.74, 6) is 0. The van der Waals surface area contributed by atoms with E-state index in [9.17, 15) is 0 Å². The number of nitrogens with zero attached hydrogens (tertiary/aromatic N) is 3. The van der Waals surface area contributed by atoms with Gasteiger partial charge in [-0.3, -0.25) is 4.68 Å². The topological polar surface area (TPSA) is 30.7 Å². The van der Waals surface area contributed by atoms with E-state index < -0.39 is 0 Å². The summed E-state index contributed by atoms with van der Waals surface area (Å²) in [6.07, 6.45) is 1.93. The van der Waals surface area contributed by atoms with Crippen molar-refractivity contribution in [2.75, 3.05) is 0 Å². The fourth-order valence-electron chi connectivity index (χ4n) is 4.01. The summed E-state index contributed by atoms with van der Waals surface area (Å²) in [6.45, 7) is 0. The van der Waals surface area contributed by atoms with Gasteiger partial charge in [0, 0.05) is 12.6 Å². The third kappa shape index (κ3) is 4.01. The van der Waals surface area contributed by atoms with Crippen LogP contribution < -0.4 is 0 Å². The van der Waals surface area contributed by atoms with Crippen LogP contribution >= 0.6 is 0 Å². The zero-order valence-electron chi connectivity index (χ0n) is 17.9. The minimum Gasteiger partial charge on any atom is -0.255 e. The van der Waals surface area contributed by atoms with Crippen molar-refractivity contribution in [1.29, 1.82) is 0 Å². The third-order valence-electron chi connectivity index (χ3n) is 5.51. The molecule has 0 bridgehead atoms. The lowest BCUT2D eigenvalue weighted by Gasteiger charge is -2.18. The smallest absolute Gasteiger partial charge is 0.113 e. The lowest BCUT2D eigenvalue weighted by Crippen LogP contribution is -1.97. The molecule has 0 amide bonds. The van der Waals surface area contributed by atoms with Gasteiger partial charge in [0.25, 0.3) is 0 Å². The monoisotopic (exact) mass is 413 g/mol. The highest BCUT2D eigenvalue weighted by molar-refractivity contribution is 6.04. The number of hydrogen-bond acceptors (Lipinski definition) is 2. The number of hydrogen-bond donors (Lipinski definition) is 0. The van der Waals surface area contributed by atoms with Crippen LogP contribution in [0, 0.1) is 0 Å². The first-order valence-electron chi connectivity index (χ1n) is 10.7. The van der Waals surface area contributed by atoms with E-state index in [1.165, 1.54) is 27.8 Å². The molecule has 32 heavy (non-hydrogen) atoms. The average Bonchev–Trinajstić information content (AvgIpc) is 3.30. The van der Waals surface area contributed by atoms with Crippen molar-refractivity contribution >= 4 is 11.1 Å². The van der Waals surface area contributed by atoms with Gasteiger partial charge in [0.1, 0.15) is 5.69 Å². The Bertz CT molecular complexity index is 1290. The second kappa shape index (κ2) is 8.86. The number of aryl methyl sites for hydroxylation is 1. The Kier molecular flexibility index (Phi) is 5.46. The van der Waals surface area contributed by atoms with Crippen molar-refractivity contribution in [3.05, 3.63) is 144 Å². The molecular weight excluding hydrogens is 390 g/mol. The summed E-state index contributed by atoms with van der Waals surface area (Å²) in [5.41, 5.74) is 9.06. The standard InChI is InChI=1S/C29H23N3/c1-32-21-27(30-31-32)22-17-19-26(20-18-22)29(25-15-9-4-10-16-25)28(23-11-5-2-6-12-23)24-13-7-3-8-14-24/h2-21H,1H3. The van der Waals surface area contributed by atoms with Crippen LogP contribution in [0.25, 0.3) is 22.4 Å². The first-order valence-corrected chi connectivity index (χ1v) is 10.7. The van der Waals surface area contributed by atoms with Crippen LogP contribution in [0.3, 0.4) is 0 Å². The van der Waals surface area contributed by atoms with Crippen molar-refractivity contribution in [3.8, 4) is 11.3 Å². The lowest BCUT2D eigenvalue weighted by molar-refractivity contribution is 0.715. The van der Waals surface area contributed by atoms with Crippen molar-refractivity contribution in [1.82, 2.24) is 15.0 Å². The van der Waals surface area contributed by atoms with Crippen molar-refractivity contribution in [3.63, 3.8) is 0 Å². The van der Waals surface area contributed by atoms with Crippen molar-refractivity contribution in [2.24, 2.45) is 7.05 Å².